The number of imidazole rings is 1. The summed E-state index contributed by atoms with van der Waals surface area (Å²) in [7, 11) is 1.99. The maximum Gasteiger partial charge on any atom is 0.303 e. The topological polar surface area (TPSA) is 55.1 Å². The van der Waals surface area contributed by atoms with Crippen molar-refractivity contribution in [2.75, 3.05) is 0 Å². The fourth-order valence-electron chi connectivity index (χ4n) is 1.55. The van der Waals surface area contributed by atoms with Crippen LogP contribution in [0.1, 0.15) is 37.9 Å². The first kappa shape index (κ1) is 11.8. The maximum absolute atomic E-state index is 10.3. The number of nitrogens with zero attached hydrogens (tertiary/aromatic N) is 2. The van der Waals surface area contributed by atoms with Gasteiger partial charge in [-0.1, -0.05) is 12.8 Å². The van der Waals surface area contributed by atoms with Crippen LogP contribution in [-0.2, 0) is 18.3 Å². The highest BCUT2D eigenvalue weighted by atomic mass is 16.4. The Morgan fingerprint density at radius 2 is 2.13 bits per heavy atom. The molecule has 1 aromatic rings. The van der Waals surface area contributed by atoms with Crippen LogP contribution in [0.2, 0.25) is 0 Å². The van der Waals surface area contributed by atoms with Crippen molar-refractivity contribution in [2.45, 2.75) is 38.5 Å². The fourth-order valence-corrected chi connectivity index (χ4v) is 1.55. The first-order valence-electron chi connectivity index (χ1n) is 5.38. The van der Waals surface area contributed by atoms with E-state index in [2.05, 4.69) is 4.98 Å². The molecule has 0 aliphatic rings. The maximum atomic E-state index is 10.3. The minimum Gasteiger partial charge on any atom is -0.481 e. The molecule has 1 heterocycles. The van der Waals surface area contributed by atoms with E-state index < -0.39 is 5.97 Å². The monoisotopic (exact) mass is 210 g/mol. The van der Waals surface area contributed by atoms with Crippen molar-refractivity contribution in [1.29, 1.82) is 0 Å². The zero-order valence-corrected chi connectivity index (χ0v) is 9.15. The molecule has 0 bridgehead atoms. The molecule has 4 heteroatoms. The van der Waals surface area contributed by atoms with Crippen LogP contribution in [0, 0.1) is 0 Å². The average molecular weight is 210 g/mol. The number of carbonyl (C=O) groups is 1. The largest absolute Gasteiger partial charge is 0.481 e. The second kappa shape index (κ2) is 6.22. The molecule has 0 amide bonds. The first-order valence-corrected chi connectivity index (χ1v) is 5.38. The average Bonchev–Trinajstić information content (AvgIpc) is 2.57. The van der Waals surface area contributed by atoms with Crippen LogP contribution in [-0.4, -0.2) is 20.6 Å². The van der Waals surface area contributed by atoms with Gasteiger partial charge in [0.15, 0.2) is 0 Å². The third-order valence-corrected chi connectivity index (χ3v) is 2.46. The minimum atomic E-state index is -0.695. The molecule has 15 heavy (non-hydrogen) atoms. The van der Waals surface area contributed by atoms with Crippen LogP contribution in [0.25, 0.3) is 0 Å². The van der Waals surface area contributed by atoms with Crippen LogP contribution < -0.4 is 0 Å². The molecule has 0 aromatic carbocycles. The Morgan fingerprint density at radius 1 is 1.40 bits per heavy atom. The number of aromatic nitrogens is 2. The van der Waals surface area contributed by atoms with E-state index in [0.29, 0.717) is 6.42 Å². The standard InChI is InChI=1S/C11H18N2O2/c1-13-9-8-12-10(13)6-4-2-3-5-7-11(14)15/h8-9H,2-7H2,1H3,(H,14,15). The molecule has 84 valence electrons. The SMILES string of the molecule is Cn1ccnc1CCCCCCC(=O)O. The number of rotatable bonds is 7. The van der Waals surface area contributed by atoms with E-state index in [0.717, 1.165) is 37.9 Å². The number of carboxylic acids is 1. The highest BCUT2D eigenvalue weighted by Gasteiger charge is 1.99. The number of hydrogen-bond acceptors (Lipinski definition) is 2. The molecule has 0 unspecified atom stereocenters. The van der Waals surface area contributed by atoms with Crippen molar-refractivity contribution in [3.8, 4) is 0 Å². The van der Waals surface area contributed by atoms with E-state index in [1.54, 1.807) is 6.20 Å². The van der Waals surface area contributed by atoms with E-state index in [-0.39, 0.29) is 0 Å². The molecular formula is C11H18N2O2. The van der Waals surface area contributed by atoms with Gasteiger partial charge < -0.3 is 9.67 Å². The van der Waals surface area contributed by atoms with Gasteiger partial charge in [0.25, 0.3) is 0 Å². The minimum absolute atomic E-state index is 0.294. The van der Waals surface area contributed by atoms with Gasteiger partial charge in [-0.3, -0.25) is 4.79 Å². The van der Waals surface area contributed by atoms with Crippen molar-refractivity contribution in [2.24, 2.45) is 7.05 Å². The predicted molar refractivity (Wildman–Crippen MR) is 57.6 cm³/mol. The van der Waals surface area contributed by atoms with Crippen molar-refractivity contribution < 1.29 is 9.90 Å². The quantitative estimate of drug-likeness (QED) is 0.700. The Bertz CT molecular complexity index is 307. The second-order valence-electron chi connectivity index (χ2n) is 3.76. The second-order valence-corrected chi connectivity index (χ2v) is 3.76. The molecule has 0 saturated carbocycles. The van der Waals surface area contributed by atoms with Gasteiger partial charge in [0.1, 0.15) is 5.82 Å². The summed E-state index contributed by atoms with van der Waals surface area (Å²) in [5.41, 5.74) is 0. The number of aryl methyl sites for hydroxylation is 2. The Labute approximate surface area is 89.9 Å². The summed E-state index contributed by atoms with van der Waals surface area (Å²) in [4.78, 5) is 14.5. The van der Waals surface area contributed by atoms with Crippen molar-refractivity contribution >= 4 is 5.97 Å². The van der Waals surface area contributed by atoms with Gasteiger partial charge in [0.05, 0.1) is 0 Å². The summed E-state index contributed by atoms with van der Waals surface area (Å²) in [5, 5.41) is 8.44. The lowest BCUT2D eigenvalue weighted by molar-refractivity contribution is -0.137. The fraction of sp³-hybridized carbons (Fsp3) is 0.636. The van der Waals surface area contributed by atoms with Gasteiger partial charge in [0.2, 0.25) is 0 Å². The van der Waals surface area contributed by atoms with E-state index in [1.807, 2.05) is 17.8 Å². The first-order chi connectivity index (χ1) is 7.20. The molecule has 0 aliphatic heterocycles. The van der Waals surface area contributed by atoms with Crippen molar-refractivity contribution in [3.05, 3.63) is 18.2 Å². The molecule has 0 saturated heterocycles. The Hall–Kier alpha value is -1.32. The van der Waals surface area contributed by atoms with Crippen LogP contribution in [0.5, 0.6) is 0 Å². The van der Waals surface area contributed by atoms with Crippen LogP contribution in [0.4, 0.5) is 0 Å². The molecule has 0 radical (unpaired) electrons. The summed E-state index contributed by atoms with van der Waals surface area (Å²) in [6.07, 6.45) is 8.98. The third kappa shape index (κ3) is 4.63. The van der Waals surface area contributed by atoms with Gasteiger partial charge in [0, 0.05) is 32.3 Å². The van der Waals surface area contributed by atoms with E-state index in [9.17, 15) is 4.79 Å². The van der Waals surface area contributed by atoms with Gasteiger partial charge in [-0.2, -0.15) is 0 Å². The molecule has 4 nitrogen and oxygen atoms in total. The van der Waals surface area contributed by atoms with E-state index >= 15 is 0 Å². The lowest BCUT2D eigenvalue weighted by Crippen LogP contribution is -1.97. The van der Waals surface area contributed by atoms with Crippen molar-refractivity contribution in [1.82, 2.24) is 9.55 Å². The summed E-state index contributed by atoms with van der Waals surface area (Å²) >= 11 is 0. The molecule has 1 rings (SSSR count). The zero-order valence-electron chi connectivity index (χ0n) is 9.15. The molecule has 0 aliphatic carbocycles. The Morgan fingerprint density at radius 3 is 2.73 bits per heavy atom. The predicted octanol–water partition coefficient (Wildman–Crippen LogP) is 2.00. The summed E-state index contributed by atoms with van der Waals surface area (Å²) in [6, 6.07) is 0. The molecule has 1 aromatic heterocycles. The molecule has 0 atom stereocenters. The van der Waals surface area contributed by atoms with Crippen molar-refractivity contribution in [3.63, 3.8) is 0 Å². The van der Waals surface area contributed by atoms with Crippen LogP contribution in [0.3, 0.4) is 0 Å². The molecule has 0 spiro atoms. The lowest BCUT2D eigenvalue weighted by Gasteiger charge is -2.01. The summed E-state index contributed by atoms with van der Waals surface area (Å²) in [5.74, 6) is 0.410. The molecule has 1 N–H and O–H groups in total. The number of aliphatic carboxylic acids is 1. The highest BCUT2D eigenvalue weighted by molar-refractivity contribution is 5.66. The number of carboxylic acid groups (broad SMARTS) is 1. The van der Waals surface area contributed by atoms with Gasteiger partial charge in [-0.15, -0.1) is 0 Å². The number of hydrogen-bond donors (Lipinski definition) is 1. The molecule has 0 fully saturated rings. The van der Waals surface area contributed by atoms with E-state index in [1.165, 1.54) is 0 Å². The lowest BCUT2D eigenvalue weighted by atomic mass is 10.1. The third-order valence-electron chi connectivity index (χ3n) is 2.46. The van der Waals surface area contributed by atoms with E-state index in [4.69, 9.17) is 5.11 Å². The van der Waals surface area contributed by atoms with Crippen LogP contribution in [0.15, 0.2) is 12.4 Å². The summed E-state index contributed by atoms with van der Waals surface area (Å²) in [6.45, 7) is 0. The summed E-state index contributed by atoms with van der Waals surface area (Å²) < 4.78 is 2.03. The zero-order chi connectivity index (χ0) is 11.1. The van der Waals surface area contributed by atoms with Gasteiger partial charge in [-0.25, -0.2) is 4.98 Å². The number of unbranched alkanes of at least 4 members (excludes halogenated alkanes) is 3. The van der Waals surface area contributed by atoms with Gasteiger partial charge >= 0.3 is 5.97 Å². The van der Waals surface area contributed by atoms with Gasteiger partial charge in [-0.05, 0) is 12.8 Å². The highest BCUT2D eigenvalue weighted by Crippen LogP contribution is 2.07. The van der Waals surface area contributed by atoms with Crippen LogP contribution >= 0.6 is 0 Å². The molecular weight excluding hydrogens is 192 g/mol. The normalized spacial score (nSPS) is 10.5. The Kier molecular flexibility index (Phi) is 4.87. The smallest absolute Gasteiger partial charge is 0.303 e. The Balaban J connectivity index is 2.03.